The van der Waals surface area contributed by atoms with Crippen molar-refractivity contribution in [2.75, 3.05) is 26.5 Å². The Bertz CT molecular complexity index is 993. The summed E-state index contributed by atoms with van der Waals surface area (Å²) < 4.78 is 39.2. The summed E-state index contributed by atoms with van der Waals surface area (Å²) in [6, 6.07) is 0. The lowest BCUT2D eigenvalue weighted by atomic mass is 9.69. The molecule has 1 aliphatic rings. The molecule has 0 fully saturated rings. The van der Waals surface area contributed by atoms with Crippen LogP contribution in [0.25, 0.3) is 0 Å². The number of halogens is 1. The van der Waals surface area contributed by atoms with E-state index in [9.17, 15) is 9.36 Å². The van der Waals surface area contributed by atoms with Crippen LogP contribution in [0.4, 0.5) is 0 Å². The van der Waals surface area contributed by atoms with E-state index in [1.54, 1.807) is 7.11 Å². The third-order valence-electron chi connectivity index (χ3n) is 7.94. The van der Waals surface area contributed by atoms with E-state index in [0.29, 0.717) is 29.6 Å². The number of pyridine rings is 1. The number of hydrogen-bond donors (Lipinski definition) is 0. The van der Waals surface area contributed by atoms with Gasteiger partial charge in [-0.2, -0.15) is 0 Å². The van der Waals surface area contributed by atoms with E-state index in [0.717, 1.165) is 31.5 Å². The van der Waals surface area contributed by atoms with Crippen LogP contribution in [0.3, 0.4) is 0 Å². The lowest BCUT2D eigenvalue weighted by Gasteiger charge is -2.51. The number of unbranched alkanes of at least 4 members (excludes halogenated alkanes) is 1. The summed E-state index contributed by atoms with van der Waals surface area (Å²) in [4.78, 5) is 13.0. The zero-order valence-corrected chi connectivity index (χ0v) is 27.4. The number of fused-ring (bicyclic) bond motifs is 1. The molecule has 0 radical (unpaired) electrons. The van der Waals surface area contributed by atoms with Crippen LogP contribution in [0.15, 0.2) is 15.5 Å². The largest absolute Gasteiger partial charge is 0.491 e. The van der Waals surface area contributed by atoms with Gasteiger partial charge in [0, 0.05) is 18.2 Å². The summed E-state index contributed by atoms with van der Waals surface area (Å²) in [5.41, 5.74) is 0.436. The molecular weight excluding hydrogens is 561 g/mol. The minimum absolute atomic E-state index is 0.0173. The van der Waals surface area contributed by atoms with E-state index in [1.165, 1.54) is 0 Å². The lowest BCUT2D eigenvalue weighted by Crippen LogP contribution is -2.49. The molecule has 0 saturated carbocycles. The minimum Gasteiger partial charge on any atom is -0.491 e. The van der Waals surface area contributed by atoms with Crippen LogP contribution in [-0.2, 0) is 24.6 Å². The third kappa shape index (κ3) is 6.95. The highest BCUT2D eigenvalue weighted by Crippen LogP contribution is 2.54. The zero-order valence-electron chi connectivity index (χ0n) is 23.9. The molecule has 208 valence electrons. The highest BCUT2D eigenvalue weighted by Gasteiger charge is 2.50. The van der Waals surface area contributed by atoms with Crippen molar-refractivity contribution >= 4 is 31.8 Å². The molecule has 0 amide bonds. The van der Waals surface area contributed by atoms with Crippen molar-refractivity contribution in [3.63, 3.8) is 0 Å². The fourth-order valence-electron chi connectivity index (χ4n) is 4.68. The first-order valence-corrected chi connectivity index (χ1v) is 18.5. The van der Waals surface area contributed by atoms with Crippen molar-refractivity contribution in [3.05, 3.63) is 26.6 Å². The van der Waals surface area contributed by atoms with Crippen molar-refractivity contribution in [2.24, 2.45) is 11.3 Å². The van der Waals surface area contributed by atoms with Gasteiger partial charge >= 0.3 is 7.60 Å². The van der Waals surface area contributed by atoms with E-state index >= 15 is 0 Å². The van der Waals surface area contributed by atoms with Gasteiger partial charge in [0.15, 0.2) is 14.1 Å². The number of nitrogens with zero attached hydrogens (tertiary/aromatic N) is 1. The van der Waals surface area contributed by atoms with Gasteiger partial charge in [0.2, 0.25) is 5.43 Å². The van der Waals surface area contributed by atoms with Gasteiger partial charge in [0.25, 0.3) is 0 Å². The molecule has 1 aromatic rings. The second-order valence-electron chi connectivity index (χ2n) is 11.8. The number of aromatic nitrogens is 1. The van der Waals surface area contributed by atoms with Crippen molar-refractivity contribution in [1.29, 1.82) is 0 Å². The van der Waals surface area contributed by atoms with Crippen LogP contribution >= 0.6 is 23.5 Å². The van der Waals surface area contributed by atoms with Gasteiger partial charge in [-0.25, -0.2) is 0 Å². The van der Waals surface area contributed by atoms with Crippen molar-refractivity contribution in [3.8, 4) is 5.75 Å². The van der Waals surface area contributed by atoms with E-state index in [4.69, 9.17) is 18.2 Å². The van der Waals surface area contributed by atoms with E-state index < -0.39 is 15.9 Å². The summed E-state index contributed by atoms with van der Waals surface area (Å²) in [5, 5.41) is 0.0173. The highest BCUT2D eigenvalue weighted by molar-refractivity contribution is 9.10. The maximum Gasteiger partial charge on any atom is 0.330 e. The maximum atomic E-state index is 13.0. The molecule has 0 N–H and O–H groups in total. The molecule has 1 aliphatic heterocycles. The third-order valence-corrected chi connectivity index (χ3v) is 15.1. The van der Waals surface area contributed by atoms with Crippen LogP contribution in [0, 0.1) is 11.3 Å². The van der Waals surface area contributed by atoms with Gasteiger partial charge in [0.05, 0.1) is 42.8 Å². The monoisotopic (exact) mass is 607 g/mol. The molecule has 36 heavy (non-hydrogen) atoms. The Morgan fingerprint density at radius 2 is 1.75 bits per heavy atom. The van der Waals surface area contributed by atoms with Crippen LogP contribution in [0.1, 0.15) is 79.5 Å². The minimum atomic E-state index is -3.04. The Labute approximate surface area is 227 Å². The molecule has 2 rings (SSSR count). The summed E-state index contributed by atoms with van der Waals surface area (Å²) in [7, 11) is -3.66. The normalized spacial score (nSPS) is 20.3. The predicted octanol–water partition coefficient (Wildman–Crippen LogP) is 7.77. The highest BCUT2D eigenvalue weighted by atomic mass is 79.9. The van der Waals surface area contributed by atoms with E-state index in [2.05, 4.69) is 68.2 Å². The SMILES string of the molecule is CCOP(=O)(CCCCC1Cn2cc(Br)c(=O)c(OC)c2C(O[Si](C)(C)C(C)(C)C)C1(C)C)OCC. The first kappa shape index (κ1) is 31.8. The van der Waals surface area contributed by atoms with Crippen molar-refractivity contribution in [2.45, 2.75) is 98.5 Å². The van der Waals surface area contributed by atoms with Crippen LogP contribution in [-0.4, -0.2) is 39.4 Å². The molecule has 10 heteroatoms. The first-order valence-electron chi connectivity index (χ1n) is 13.1. The molecular formula is C26H47BrNO6PSi. The summed E-state index contributed by atoms with van der Waals surface area (Å²) >= 11 is 3.44. The molecule has 0 bridgehead atoms. The molecule has 0 saturated heterocycles. The van der Waals surface area contributed by atoms with Gasteiger partial charge in [-0.15, -0.1) is 0 Å². The average Bonchev–Trinajstić information content (AvgIpc) is 2.75. The molecule has 2 unspecified atom stereocenters. The fraction of sp³-hybridized carbons (Fsp3) is 0.808. The van der Waals surface area contributed by atoms with E-state index in [1.807, 2.05) is 20.0 Å². The standard InChI is InChI=1S/C26H47BrNO6PSi/c1-11-32-35(30,33-12-2)16-14-13-15-19-17-28-18-20(27)22(29)23(31-8)21(28)24(26(19,6)7)34-36(9,10)25(3,4)5/h18-19,24H,11-17H2,1-10H3. The maximum absolute atomic E-state index is 13.0. The van der Waals surface area contributed by atoms with E-state index in [-0.39, 0.29) is 27.9 Å². The van der Waals surface area contributed by atoms with Crippen molar-refractivity contribution in [1.82, 2.24) is 4.57 Å². The molecule has 0 aliphatic carbocycles. The molecule has 2 atom stereocenters. The van der Waals surface area contributed by atoms with Gasteiger partial charge < -0.3 is 22.8 Å². The van der Waals surface area contributed by atoms with Gasteiger partial charge in [-0.3, -0.25) is 9.36 Å². The Morgan fingerprint density at radius 3 is 2.25 bits per heavy atom. The number of hydrogen-bond acceptors (Lipinski definition) is 6. The quantitative estimate of drug-likeness (QED) is 0.137. The van der Waals surface area contributed by atoms with Gasteiger partial charge in [-0.1, -0.05) is 41.0 Å². The topological polar surface area (TPSA) is 76.0 Å². The van der Waals surface area contributed by atoms with Crippen LogP contribution in [0.5, 0.6) is 5.75 Å². The Kier molecular flexibility index (Phi) is 10.7. The number of methoxy groups -OCH3 is 1. The van der Waals surface area contributed by atoms with Crippen LogP contribution < -0.4 is 10.2 Å². The number of rotatable bonds is 12. The molecule has 7 nitrogen and oxygen atoms in total. The van der Waals surface area contributed by atoms with Gasteiger partial charge in [0.1, 0.15) is 0 Å². The Balaban J connectivity index is 2.40. The zero-order chi connectivity index (χ0) is 27.5. The van der Waals surface area contributed by atoms with Crippen molar-refractivity contribution < 1.29 is 22.8 Å². The van der Waals surface area contributed by atoms with Gasteiger partial charge in [-0.05, 0) is 66.7 Å². The molecule has 0 aromatic carbocycles. The predicted molar refractivity (Wildman–Crippen MR) is 153 cm³/mol. The second kappa shape index (κ2) is 12.2. The fourth-order valence-corrected chi connectivity index (χ4v) is 8.19. The molecule has 2 heterocycles. The summed E-state index contributed by atoms with van der Waals surface area (Å²) in [5.74, 6) is 0.645. The average molecular weight is 609 g/mol. The first-order chi connectivity index (χ1) is 16.5. The molecule has 1 aromatic heterocycles. The van der Waals surface area contributed by atoms with Crippen LogP contribution in [0.2, 0.25) is 18.1 Å². The molecule has 0 spiro atoms. The second-order valence-corrected chi connectivity index (χ2v) is 19.6. The lowest BCUT2D eigenvalue weighted by molar-refractivity contribution is -0.0242. The summed E-state index contributed by atoms with van der Waals surface area (Å²) in [6.07, 6.45) is 4.62. The Hall–Kier alpha value is -0.443. The summed E-state index contributed by atoms with van der Waals surface area (Å²) in [6.45, 7) is 20.9. The Morgan fingerprint density at radius 1 is 1.17 bits per heavy atom. The smallest absolute Gasteiger partial charge is 0.330 e. The number of ether oxygens (including phenoxy) is 1.